The predicted molar refractivity (Wildman–Crippen MR) is 62.1 cm³/mol. The molecule has 1 aliphatic rings. The number of hydrogen-bond acceptors (Lipinski definition) is 4. The van der Waals surface area contributed by atoms with Crippen LogP contribution in [0.5, 0.6) is 0 Å². The normalized spacial score (nSPS) is 20.1. The van der Waals surface area contributed by atoms with Crippen LogP contribution in [0.25, 0.3) is 0 Å². The molecular weight excluding hydrogens is 218 g/mol. The minimum absolute atomic E-state index is 0.183. The van der Waals surface area contributed by atoms with Crippen molar-refractivity contribution in [2.24, 2.45) is 0 Å². The second kappa shape index (κ2) is 5.54. The molecule has 0 aromatic carbocycles. The van der Waals surface area contributed by atoms with Crippen molar-refractivity contribution in [2.45, 2.75) is 25.3 Å². The van der Waals surface area contributed by atoms with Crippen molar-refractivity contribution in [2.75, 3.05) is 6.54 Å². The van der Waals surface area contributed by atoms with Gasteiger partial charge in [0, 0.05) is 31.3 Å². The molecule has 1 saturated heterocycles. The largest absolute Gasteiger partial charge is 0.305 e. The Bertz CT molecular complexity index is 405. The Morgan fingerprint density at radius 3 is 3.00 bits per heavy atom. The molecule has 1 unspecified atom stereocenters. The van der Waals surface area contributed by atoms with Crippen molar-refractivity contribution >= 4 is 11.8 Å². The maximum atomic E-state index is 11.4. The second-order valence-corrected chi connectivity index (χ2v) is 4.03. The number of aromatic nitrogens is 1. The number of amides is 2. The first-order valence-electron chi connectivity index (χ1n) is 5.72. The smallest absolute Gasteiger partial charge is 0.243 e. The molecule has 90 valence electrons. The first-order chi connectivity index (χ1) is 8.25. The number of hydrogen-bond donors (Lipinski definition) is 2. The van der Waals surface area contributed by atoms with Gasteiger partial charge in [0.25, 0.3) is 0 Å². The first-order valence-corrected chi connectivity index (χ1v) is 5.72. The fourth-order valence-corrected chi connectivity index (χ4v) is 1.81. The standard InChI is InChI=1S/C12H15N3O2/c16-11-5-4-10(12(17)15-11)14-8-6-9-3-1-2-7-13-9/h1-3,7,10,14H,4-6,8H2,(H,15,16,17). The number of imide groups is 1. The molecule has 1 aromatic rings. The van der Waals surface area contributed by atoms with Gasteiger partial charge in [-0.05, 0) is 18.6 Å². The summed E-state index contributed by atoms with van der Waals surface area (Å²) in [6.45, 7) is 0.684. The molecule has 0 spiro atoms. The zero-order chi connectivity index (χ0) is 12.1. The molecule has 1 aliphatic heterocycles. The third-order valence-corrected chi connectivity index (χ3v) is 2.74. The Morgan fingerprint density at radius 1 is 1.41 bits per heavy atom. The van der Waals surface area contributed by atoms with Crippen molar-refractivity contribution in [3.05, 3.63) is 30.1 Å². The molecule has 1 aromatic heterocycles. The summed E-state index contributed by atoms with van der Waals surface area (Å²) in [5.41, 5.74) is 0.993. The zero-order valence-electron chi connectivity index (χ0n) is 9.48. The third kappa shape index (κ3) is 3.35. The van der Waals surface area contributed by atoms with Gasteiger partial charge in [-0.15, -0.1) is 0 Å². The molecule has 2 amide bonds. The lowest BCUT2D eigenvalue weighted by Crippen LogP contribution is -2.51. The third-order valence-electron chi connectivity index (χ3n) is 2.74. The summed E-state index contributed by atoms with van der Waals surface area (Å²) in [5, 5.41) is 5.46. The molecule has 1 fully saturated rings. The lowest BCUT2D eigenvalue weighted by molar-refractivity contribution is -0.134. The van der Waals surface area contributed by atoms with E-state index >= 15 is 0 Å². The van der Waals surface area contributed by atoms with E-state index in [9.17, 15) is 9.59 Å². The van der Waals surface area contributed by atoms with Gasteiger partial charge >= 0.3 is 0 Å². The average Bonchev–Trinajstić information content (AvgIpc) is 2.33. The summed E-state index contributed by atoms with van der Waals surface area (Å²) in [5.74, 6) is -0.403. The van der Waals surface area contributed by atoms with Crippen LogP contribution in [0.4, 0.5) is 0 Å². The van der Waals surface area contributed by atoms with Crippen LogP contribution in [-0.4, -0.2) is 29.4 Å². The molecule has 2 N–H and O–H groups in total. The van der Waals surface area contributed by atoms with Crippen molar-refractivity contribution in [3.63, 3.8) is 0 Å². The minimum Gasteiger partial charge on any atom is -0.305 e. The van der Waals surface area contributed by atoms with Crippen LogP contribution in [0.3, 0.4) is 0 Å². The molecule has 2 rings (SSSR count). The van der Waals surface area contributed by atoms with Gasteiger partial charge in [0.15, 0.2) is 0 Å². The van der Waals surface area contributed by atoms with E-state index < -0.39 is 0 Å². The quantitative estimate of drug-likeness (QED) is 0.719. The first kappa shape index (κ1) is 11.7. The maximum Gasteiger partial charge on any atom is 0.243 e. The van der Waals surface area contributed by atoms with Crippen LogP contribution in [0.2, 0.25) is 0 Å². The minimum atomic E-state index is -0.253. The molecule has 0 saturated carbocycles. The predicted octanol–water partition coefficient (Wildman–Crippen LogP) is 0.0189. The fourth-order valence-electron chi connectivity index (χ4n) is 1.81. The van der Waals surface area contributed by atoms with Gasteiger partial charge < -0.3 is 5.32 Å². The summed E-state index contributed by atoms with van der Waals surface area (Å²) in [4.78, 5) is 26.6. The Kier molecular flexibility index (Phi) is 3.82. The van der Waals surface area contributed by atoms with E-state index in [1.54, 1.807) is 6.20 Å². The Balaban J connectivity index is 1.75. The van der Waals surface area contributed by atoms with Crippen LogP contribution in [-0.2, 0) is 16.0 Å². The van der Waals surface area contributed by atoms with Crippen LogP contribution >= 0.6 is 0 Å². The van der Waals surface area contributed by atoms with Crippen LogP contribution in [0.15, 0.2) is 24.4 Å². The summed E-state index contributed by atoms with van der Waals surface area (Å²) in [6, 6.07) is 5.51. The Morgan fingerprint density at radius 2 is 2.29 bits per heavy atom. The van der Waals surface area contributed by atoms with Crippen molar-refractivity contribution in [1.82, 2.24) is 15.6 Å². The van der Waals surface area contributed by atoms with Crippen LogP contribution < -0.4 is 10.6 Å². The highest BCUT2D eigenvalue weighted by atomic mass is 16.2. The van der Waals surface area contributed by atoms with Gasteiger partial charge in [0.1, 0.15) is 0 Å². The molecule has 5 nitrogen and oxygen atoms in total. The lowest BCUT2D eigenvalue weighted by Gasteiger charge is -2.21. The number of carbonyl (C=O) groups is 2. The highest BCUT2D eigenvalue weighted by Crippen LogP contribution is 2.04. The number of pyridine rings is 1. The molecule has 0 radical (unpaired) electrons. The van der Waals surface area contributed by atoms with E-state index in [-0.39, 0.29) is 17.9 Å². The molecular formula is C12H15N3O2. The van der Waals surface area contributed by atoms with Gasteiger partial charge in [-0.1, -0.05) is 6.07 Å². The summed E-state index contributed by atoms with van der Waals surface area (Å²) in [7, 11) is 0. The zero-order valence-corrected chi connectivity index (χ0v) is 9.48. The van der Waals surface area contributed by atoms with Crippen LogP contribution in [0.1, 0.15) is 18.5 Å². The monoisotopic (exact) mass is 233 g/mol. The van der Waals surface area contributed by atoms with E-state index in [1.165, 1.54) is 0 Å². The van der Waals surface area contributed by atoms with E-state index in [1.807, 2.05) is 18.2 Å². The maximum absolute atomic E-state index is 11.4. The van der Waals surface area contributed by atoms with Crippen molar-refractivity contribution in [1.29, 1.82) is 0 Å². The van der Waals surface area contributed by atoms with Gasteiger partial charge in [-0.3, -0.25) is 19.9 Å². The highest BCUT2D eigenvalue weighted by molar-refractivity contribution is 6.00. The van der Waals surface area contributed by atoms with E-state index in [4.69, 9.17) is 0 Å². The average molecular weight is 233 g/mol. The SMILES string of the molecule is O=C1CCC(NCCc2ccccn2)C(=O)N1. The summed E-state index contributed by atoms with van der Waals surface area (Å²) in [6.07, 6.45) is 3.51. The topological polar surface area (TPSA) is 71.1 Å². The number of nitrogens with zero attached hydrogens (tertiary/aromatic N) is 1. The van der Waals surface area contributed by atoms with Crippen molar-refractivity contribution < 1.29 is 9.59 Å². The molecule has 0 bridgehead atoms. The highest BCUT2D eigenvalue weighted by Gasteiger charge is 2.25. The lowest BCUT2D eigenvalue weighted by atomic mass is 10.1. The van der Waals surface area contributed by atoms with E-state index in [0.717, 1.165) is 12.1 Å². The molecule has 2 heterocycles. The second-order valence-electron chi connectivity index (χ2n) is 4.03. The van der Waals surface area contributed by atoms with Gasteiger partial charge in [0.05, 0.1) is 6.04 Å². The Labute approximate surface area is 99.6 Å². The molecule has 5 heteroatoms. The van der Waals surface area contributed by atoms with E-state index in [2.05, 4.69) is 15.6 Å². The molecule has 17 heavy (non-hydrogen) atoms. The number of carbonyl (C=O) groups excluding carboxylic acids is 2. The number of piperidine rings is 1. The fraction of sp³-hybridized carbons (Fsp3) is 0.417. The van der Waals surface area contributed by atoms with Gasteiger partial charge in [-0.2, -0.15) is 0 Å². The van der Waals surface area contributed by atoms with Crippen LogP contribution in [0, 0.1) is 0 Å². The molecule has 0 aliphatic carbocycles. The van der Waals surface area contributed by atoms with Gasteiger partial charge in [0.2, 0.25) is 11.8 Å². The number of nitrogens with one attached hydrogen (secondary N) is 2. The Hall–Kier alpha value is -1.75. The van der Waals surface area contributed by atoms with Gasteiger partial charge in [-0.25, -0.2) is 0 Å². The van der Waals surface area contributed by atoms with E-state index in [0.29, 0.717) is 19.4 Å². The van der Waals surface area contributed by atoms with Crippen molar-refractivity contribution in [3.8, 4) is 0 Å². The summed E-state index contributed by atoms with van der Waals surface area (Å²) < 4.78 is 0. The number of rotatable bonds is 4. The molecule has 1 atom stereocenters. The summed E-state index contributed by atoms with van der Waals surface area (Å²) >= 11 is 0.